The van der Waals surface area contributed by atoms with Gasteiger partial charge in [0.2, 0.25) is 0 Å². The summed E-state index contributed by atoms with van der Waals surface area (Å²) in [6, 6.07) is 0. The van der Waals surface area contributed by atoms with E-state index in [-0.39, 0.29) is 13.1 Å². The molecule has 0 saturated heterocycles. The van der Waals surface area contributed by atoms with Gasteiger partial charge in [0.05, 0.1) is 0 Å². The minimum atomic E-state index is -4.98. The minimum absolute atomic E-state index is 0.176. The van der Waals surface area contributed by atoms with Gasteiger partial charge in [0.15, 0.2) is 0 Å². The molecule has 0 aliphatic carbocycles. The molecule has 13 heavy (non-hydrogen) atoms. The molecule has 0 unspecified atom stereocenters. The van der Waals surface area contributed by atoms with Crippen molar-refractivity contribution in [1.82, 2.24) is 4.31 Å². The average molecular weight is 217 g/mol. The molecule has 0 N–H and O–H groups in total. The van der Waals surface area contributed by atoms with E-state index in [2.05, 4.69) is 0 Å². The molecule has 0 aromatic heterocycles. The van der Waals surface area contributed by atoms with E-state index in [4.69, 9.17) is 0 Å². The Morgan fingerprint density at radius 1 is 0.923 bits per heavy atom. The molecule has 0 aliphatic rings. The molecule has 0 rings (SSSR count). The summed E-state index contributed by atoms with van der Waals surface area (Å²) in [5.41, 5.74) is 0. The quantitative estimate of drug-likeness (QED) is 0.615. The Morgan fingerprint density at radius 2 is 1.31 bits per heavy atom. The van der Waals surface area contributed by atoms with Gasteiger partial charge >= 0.3 is 0 Å². The van der Waals surface area contributed by atoms with Crippen LogP contribution in [0.25, 0.3) is 0 Å². The fourth-order valence-corrected chi connectivity index (χ4v) is 1.66. The summed E-state index contributed by atoms with van der Waals surface area (Å²) in [6.07, 6.45) is 2.91. The van der Waals surface area contributed by atoms with Gasteiger partial charge in [0.1, 0.15) is 0 Å². The van der Waals surface area contributed by atoms with Crippen LogP contribution < -0.4 is 0 Å². The third kappa shape index (κ3) is 6.21. The van der Waals surface area contributed by atoms with Gasteiger partial charge in [0.25, 0.3) is 11.4 Å². The predicted molar refractivity (Wildman–Crippen MR) is 52.3 cm³/mol. The smallest absolute Gasteiger partial charge is 0.193 e. The van der Waals surface area contributed by atoms with Crippen molar-refractivity contribution in [2.45, 2.75) is 39.5 Å². The van der Waals surface area contributed by atoms with Crippen molar-refractivity contribution in [2.24, 2.45) is 0 Å². The molecule has 0 aromatic carbocycles. The van der Waals surface area contributed by atoms with E-state index >= 15 is 0 Å². The topological polar surface area (TPSA) is 3.24 Å². The van der Waals surface area contributed by atoms with Crippen LogP contribution in [0.1, 0.15) is 39.5 Å². The summed E-state index contributed by atoms with van der Waals surface area (Å²) in [5, 5.41) is 0. The Kier molecular flexibility index (Phi) is 6.59. The molecule has 0 atom stereocenters. The van der Waals surface area contributed by atoms with Crippen LogP contribution in [0.15, 0.2) is 0 Å². The van der Waals surface area contributed by atoms with Gasteiger partial charge in [-0.2, -0.15) is 4.31 Å². The summed E-state index contributed by atoms with van der Waals surface area (Å²) in [7, 11) is 0. The highest BCUT2D eigenvalue weighted by atomic mass is 32.3. The first-order chi connectivity index (χ1) is 6.02. The van der Waals surface area contributed by atoms with Gasteiger partial charge in [-0.05, 0) is 12.8 Å². The van der Waals surface area contributed by atoms with Gasteiger partial charge in [-0.15, -0.1) is 11.7 Å². The number of halogens is 3. The summed E-state index contributed by atoms with van der Waals surface area (Å²) in [5.74, 6) is 0. The Balaban J connectivity index is 3.88. The standard InChI is InChI=1S/C8H18F3NS/c1-3-5-7-12(8-6-4-2)13(9,10)11/h3-8H2,1-2H3. The van der Waals surface area contributed by atoms with Crippen LogP contribution in [0, 0.1) is 0 Å². The molecular weight excluding hydrogens is 199 g/mol. The number of rotatable bonds is 7. The molecule has 0 saturated carbocycles. The summed E-state index contributed by atoms with van der Waals surface area (Å²) < 4.78 is 37.8. The van der Waals surface area contributed by atoms with Gasteiger partial charge in [0, 0.05) is 13.1 Å². The highest BCUT2D eigenvalue weighted by molar-refractivity contribution is 8.18. The molecule has 0 radical (unpaired) electrons. The average Bonchev–Trinajstić information content (AvgIpc) is 2.02. The molecule has 82 valence electrons. The fourth-order valence-electron chi connectivity index (χ4n) is 0.988. The van der Waals surface area contributed by atoms with Crippen molar-refractivity contribution < 1.29 is 11.7 Å². The molecule has 5 heteroatoms. The SMILES string of the molecule is CCCCN(CCCC)S(F)(F)F. The minimum Gasteiger partial charge on any atom is -0.193 e. The molecule has 0 spiro atoms. The molecule has 0 bridgehead atoms. The third-order valence-corrected chi connectivity index (χ3v) is 2.77. The van der Waals surface area contributed by atoms with E-state index in [9.17, 15) is 11.7 Å². The number of nitrogens with zero attached hydrogens (tertiary/aromatic N) is 1. The Bertz CT molecular complexity index is 119. The van der Waals surface area contributed by atoms with Crippen molar-refractivity contribution in [2.75, 3.05) is 13.1 Å². The molecule has 1 nitrogen and oxygen atoms in total. The lowest BCUT2D eigenvalue weighted by Gasteiger charge is -2.26. The Morgan fingerprint density at radius 3 is 1.54 bits per heavy atom. The van der Waals surface area contributed by atoms with Gasteiger partial charge in [-0.25, -0.2) is 0 Å². The van der Waals surface area contributed by atoms with Crippen LogP contribution in [0.4, 0.5) is 11.7 Å². The van der Waals surface area contributed by atoms with E-state index in [1.807, 2.05) is 13.8 Å². The maximum Gasteiger partial charge on any atom is 0.278 e. The summed E-state index contributed by atoms with van der Waals surface area (Å²) in [6.45, 7) is 4.16. The van der Waals surface area contributed by atoms with Crippen LogP contribution >= 0.6 is 11.4 Å². The number of unbranched alkanes of at least 4 members (excludes halogenated alkanes) is 2. The summed E-state index contributed by atoms with van der Waals surface area (Å²) in [4.78, 5) is 0. The second-order valence-electron chi connectivity index (χ2n) is 3.02. The Labute approximate surface area is 80.6 Å². The molecule has 0 aliphatic heterocycles. The van der Waals surface area contributed by atoms with E-state index in [1.165, 1.54) is 0 Å². The molecule has 0 heterocycles. The zero-order valence-corrected chi connectivity index (χ0v) is 9.05. The van der Waals surface area contributed by atoms with Crippen LogP contribution in [0.2, 0.25) is 0 Å². The van der Waals surface area contributed by atoms with Gasteiger partial charge in [-0.3, -0.25) is 0 Å². The highest BCUT2D eigenvalue weighted by Crippen LogP contribution is 2.56. The second kappa shape index (κ2) is 6.54. The van der Waals surface area contributed by atoms with Crippen LogP contribution in [-0.2, 0) is 0 Å². The summed E-state index contributed by atoms with van der Waals surface area (Å²) >= 11 is -4.98. The highest BCUT2D eigenvalue weighted by Gasteiger charge is 2.29. The second-order valence-corrected chi connectivity index (χ2v) is 4.30. The number of hydrogen-bond donors (Lipinski definition) is 0. The maximum absolute atomic E-state index is 12.4. The number of hydrogen-bond acceptors (Lipinski definition) is 1. The van der Waals surface area contributed by atoms with Crippen molar-refractivity contribution in [3.8, 4) is 0 Å². The van der Waals surface area contributed by atoms with E-state index in [0.29, 0.717) is 17.1 Å². The van der Waals surface area contributed by atoms with Crippen LogP contribution in [-0.4, -0.2) is 17.4 Å². The molecule has 0 amide bonds. The van der Waals surface area contributed by atoms with Crippen molar-refractivity contribution in [3.05, 3.63) is 0 Å². The van der Waals surface area contributed by atoms with Crippen molar-refractivity contribution in [3.63, 3.8) is 0 Å². The fraction of sp³-hybridized carbons (Fsp3) is 1.00. The van der Waals surface area contributed by atoms with Crippen molar-refractivity contribution >= 4 is 11.4 Å². The zero-order valence-electron chi connectivity index (χ0n) is 8.23. The predicted octanol–water partition coefficient (Wildman–Crippen LogP) is 4.26. The normalized spacial score (nSPS) is 13.7. The van der Waals surface area contributed by atoms with Crippen molar-refractivity contribution in [1.29, 1.82) is 0 Å². The first-order valence-electron chi connectivity index (χ1n) is 4.69. The zero-order chi connectivity index (χ0) is 10.3. The first-order valence-corrected chi connectivity index (χ1v) is 5.98. The largest absolute Gasteiger partial charge is 0.278 e. The first kappa shape index (κ1) is 13.1. The van der Waals surface area contributed by atoms with Gasteiger partial charge in [-0.1, -0.05) is 26.7 Å². The molecule has 0 aromatic rings. The van der Waals surface area contributed by atoms with E-state index in [0.717, 1.165) is 12.8 Å². The van der Waals surface area contributed by atoms with E-state index in [1.54, 1.807) is 0 Å². The molecular formula is C8H18F3NS. The lowest BCUT2D eigenvalue weighted by molar-refractivity contribution is 0.370. The monoisotopic (exact) mass is 217 g/mol. The molecule has 0 fully saturated rings. The van der Waals surface area contributed by atoms with Crippen LogP contribution in [0.3, 0.4) is 0 Å². The Hall–Kier alpha value is 0.100. The van der Waals surface area contributed by atoms with Gasteiger partial charge < -0.3 is 0 Å². The third-order valence-electron chi connectivity index (χ3n) is 1.81. The maximum atomic E-state index is 12.4. The van der Waals surface area contributed by atoms with Crippen LogP contribution in [0.5, 0.6) is 0 Å². The lowest BCUT2D eigenvalue weighted by atomic mass is 10.3. The lowest BCUT2D eigenvalue weighted by Crippen LogP contribution is -2.23. The van der Waals surface area contributed by atoms with E-state index < -0.39 is 11.4 Å².